The van der Waals surface area contributed by atoms with Crippen molar-refractivity contribution in [3.63, 3.8) is 0 Å². The smallest absolute Gasteiger partial charge is 0.470 e. The van der Waals surface area contributed by atoms with E-state index in [-0.39, 0.29) is 320 Å². The molecule has 25 nitrogen and oxygen atoms in total. The van der Waals surface area contributed by atoms with E-state index in [0.717, 1.165) is 119 Å². The number of para-hydroxylation sites is 4. The van der Waals surface area contributed by atoms with Gasteiger partial charge in [0.2, 0.25) is 5.91 Å². The fourth-order valence-corrected chi connectivity index (χ4v) is 13.3. The average Bonchev–Trinajstić information content (AvgIpc) is 1.68. The molecular formula is C114H115K5N15O10-5. The number of amides is 5. The van der Waals surface area contributed by atoms with Crippen LogP contribution in [-0.4, -0.2) is 80.5 Å². The number of aryl methyl sites for hydroxylation is 3. The largest absolute Gasteiger partial charge is 1.00 e. The molecule has 8 N–H and O–H groups in total. The van der Waals surface area contributed by atoms with Crippen LogP contribution < -0.4 is 289 Å². The van der Waals surface area contributed by atoms with Gasteiger partial charge in [-0.2, -0.15) is 128 Å². The second-order valence-corrected chi connectivity index (χ2v) is 37.4. The number of nitrogens with one attached hydrogen (secondary N) is 8. The number of fused-ring (bicyclic) bond motifs is 5. The van der Waals surface area contributed by atoms with Gasteiger partial charge >= 0.3 is 257 Å². The van der Waals surface area contributed by atoms with Crippen LogP contribution in [0.4, 0.5) is 34.1 Å². The van der Waals surface area contributed by atoms with Crippen molar-refractivity contribution < 1.29 is 304 Å². The Morgan fingerprint density at radius 1 is 0.375 bits per heavy atom. The standard InChI is InChI=1S/C17H15N2O.2C16H13N2O.C15H13N2O.C15H11N2O.5C7H10NO.5K/c1-12-7-9-13(10-8-12)18-17(20)15-11-19(2)16-6-4-3-5-14(15)16;1-18-11-14(13-9-5-6-10-15(13)18)16(19)17-12-7-3-2-4-8-12;1-11-7-8-14-12(9-11)10-15(18-14)16(19)17-13-5-3-2-4-6-13;18-15(16-12-7-2-1-3-8-12)14-10-11-6-4-5-9-13(11)17-14;18-15(17-11-6-2-1-3-7-11)13-10-16-14-9-5-4-8-12(13)14;5*1-7(2,3)6-4-5-8-9-6;;;;;/h3-11H,1H2,2H3,(H,18,20);3-11H,1H3,(H,17,19);3-10,18H,1H3,(H,17,19);2-9,14,17H,10H2,(H,16,18);2-10,16H,(H,17,18);5*4H,1-3H3;;;;;/q10*-1;5*+1. The van der Waals surface area contributed by atoms with Crippen LogP contribution in [0, 0.1) is 69.1 Å². The van der Waals surface area contributed by atoms with Gasteiger partial charge in [0, 0.05) is 94.1 Å². The molecule has 0 aliphatic carbocycles. The van der Waals surface area contributed by atoms with Crippen molar-refractivity contribution >= 4 is 107 Å². The summed E-state index contributed by atoms with van der Waals surface area (Å²) < 4.78 is 28.4. The second kappa shape index (κ2) is 60.3. The van der Waals surface area contributed by atoms with Crippen molar-refractivity contribution in [1.82, 2.24) is 44.9 Å². The number of hydrogen-bond donors (Lipinski definition) is 8. The molecule has 5 amide bonds. The first-order valence-electron chi connectivity index (χ1n) is 44.9. The molecule has 9 aromatic heterocycles. The molecule has 20 rings (SSSR count). The molecule has 0 saturated carbocycles. The van der Waals surface area contributed by atoms with Crippen molar-refractivity contribution in [3.05, 3.63) is 422 Å². The topological polar surface area (TPSA) is 329 Å². The number of anilines is 6. The molecule has 1 unspecified atom stereocenters. The Balaban J connectivity index is 0.000000248. The Hall–Kier alpha value is -8.39. The summed E-state index contributed by atoms with van der Waals surface area (Å²) in [4.78, 5) is 67.3. The van der Waals surface area contributed by atoms with E-state index < -0.39 is 0 Å². The van der Waals surface area contributed by atoms with Crippen molar-refractivity contribution in [3.8, 4) is 0 Å². The van der Waals surface area contributed by atoms with E-state index in [1.54, 1.807) is 85.1 Å². The van der Waals surface area contributed by atoms with Gasteiger partial charge in [-0.25, -0.2) is 25.8 Å². The third kappa shape index (κ3) is 39.3. The molecule has 1 atom stereocenters. The number of benzene rings is 10. The molecule has 1 aliphatic heterocycles. The van der Waals surface area contributed by atoms with Crippen LogP contribution in [0.3, 0.4) is 0 Å². The number of rotatable bonds is 10. The zero-order valence-electron chi connectivity index (χ0n) is 86.4. The van der Waals surface area contributed by atoms with Gasteiger partial charge in [0.05, 0.1) is 16.7 Å². The van der Waals surface area contributed by atoms with Crippen LogP contribution in [0.5, 0.6) is 0 Å². The van der Waals surface area contributed by atoms with E-state index in [9.17, 15) is 24.0 Å². The number of aromatic amines is 2. The quantitative estimate of drug-likeness (QED) is 0.0466. The van der Waals surface area contributed by atoms with Gasteiger partial charge < -0.3 is 73.6 Å². The normalized spacial score (nSPS) is 11.4. The van der Waals surface area contributed by atoms with E-state index in [1.165, 1.54) is 11.1 Å². The van der Waals surface area contributed by atoms with Gasteiger partial charge in [-0.15, -0.1) is 79.5 Å². The number of hydrogen-bond acceptors (Lipinski definition) is 16. The number of carbonyl (C=O) groups excluding carboxylic acids is 5. The van der Waals surface area contributed by atoms with Gasteiger partial charge in [-0.3, -0.25) is 24.0 Å². The average molecular weight is 2050 g/mol. The molecule has 0 radical (unpaired) electrons. The van der Waals surface area contributed by atoms with Crippen LogP contribution in [0.1, 0.15) is 191 Å². The van der Waals surface area contributed by atoms with E-state index in [0.29, 0.717) is 22.4 Å². The second-order valence-electron chi connectivity index (χ2n) is 37.4. The summed E-state index contributed by atoms with van der Waals surface area (Å²) in [6, 6.07) is 95.9. The minimum Gasteiger partial charge on any atom is -0.470 e. The summed E-state index contributed by atoms with van der Waals surface area (Å²) in [7, 11) is 3.88. The van der Waals surface area contributed by atoms with Gasteiger partial charge in [-0.1, -0.05) is 223 Å². The molecule has 10 heterocycles. The van der Waals surface area contributed by atoms with Crippen LogP contribution in [0.15, 0.2) is 314 Å². The molecule has 30 heteroatoms. The number of aromatic nitrogens is 9. The van der Waals surface area contributed by atoms with Gasteiger partial charge in [-0.05, 0) is 111 Å². The molecule has 144 heavy (non-hydrogen) atoms. The van der Waals surface area contributed by atoms with Crippen LogP contribution in [0.25, 0.3) is 43.6 Å². The van der Waals surface area contributed by atoms with E-state index in [4.69, 9.17) is 22.6 Å². The van der Waals surface area contributed by atoms with Crippen molar-refractivity contribution in [1.29, 1.82) is 0 Å². The Labute approximate surface area is 1060 Å². The third-order valence-corrected chi connectivity index (χ3v) is 21.0. The maximum Gasteiger partial charge on any atom is 1.00 e. The van der Waals surface area contributed by atoms with E-state index >= 15 is 0 Å². The SMILES string of the molecule is CC(C)(C)c1c[c-]no1.CC(C)(C)c1c[c-]no1.CC(C)(C)c1c[c-]no1.CC(C)(C)c1c[c-]no1.CC(C)(C)c1c[c-]no1.Cc1ccc2[nH]c(C(=O)Nc3cc[c-]cc3)cc2c1.Cn1cc(C(=O)Nc2cc[c-]cc2)c2ccccc21.O=C(Nc1cc[c-]cc1)C1Cc2ccccc2N1.O=C(Nc1cc[c-]cc1)c1c[nH]c2ccccc12.[CH2-]c1ccc(NC(=O)c2cn(C)c3ccccc23)cc1.[K+].[K+].[K+].[K+].[K+]. The van der Waals surface area contributed by atoms with Crippen LogP contribution >= 0.6 is 0 Å². The Bertz CT molecular complexity index is 6740. The van der Waals surface area contributed by atoms with Crippen molar-refractivity contribution in [2.45, 2.75) is 150 Å². The van der Waals surface area contributed by atoms with E-state index in [1.807, 2.05) is 231 Å². The summed E-state index contributed by atoms with van der Waals surface area (Å²) in [5.41, 5.74) is 15.2. The minimum absolute atomic E-state index is 0. The van der Waals surface area contributed by atoms with Gasteiger partial charge in [0.25, 0.3) is 23.6 Å². The monoisotopic (exact) mass is 2050 g/mol. The molecule has 0 saturated heterocycles. The molecule has 19 aromatic rings. The third-order valence-electron chi connectivity index (χ3n) is 21.0. The molecule has 716 valence electrons. The number of H-pyrrole nitrogens is 2. The molecule has 0 bridgehead atoms. The number of carbonyl (C=O) groups is 5. The van der Waals surface area contributed by atoms with E-state index in [2.05, 4.69) is 240 Å². The molecule has 10 aromatic carbocycles. The summed E-state index contributed by atoms with van der Waals surface area (Å²) >= 11 is 0. The first-order chi connectivity index (χ1) is 66.3. The van der Waals surface area contributed by atoms with Crippen molar-refractivity contribution in [2.75, 3.05) is 31.9 Å². The molecular weight excluding hydrogens is 1930 g/mol. The fourth-order valence-electron chi connectivity index (χ4n) is 13.3. The maximum absolute atomic E-state index is 12.4. The van der Waals surface area contributed by atoms with Crippen LogP contribution in [0.2, 0.25) is 0 Å². The summed E-state index contributed by atoms with van der Waals surface area (Å²) in [5.74, 6) is 3.94. The van der Waals surface area contributed by atoms with Gasteiger partial charge in [0.1, 0.15) is 11.7 Å². The Kier molecular flexibility index (Phi) is 52.1. The molecule has 1 aliphatic rings. The first kappa shape index (κ1) is 124. The van der Waals surface area contributed by atoms with Gasteiger partial charge in [0.15, 0.2) is 0 Å². The van der Waals surface area contributed by atoms with Crippen LogP contribution in [-0.2, 0) is 52.4 Å². The minimum atomic E-state index is -0.188. The predicted molar refractivity (Wildman–Crippen MR) is 547 cm³/mol. The first-order valence-corrected chi connectivity index (χ1v) is 44.9. The Morgan fingerprint density at radius 2 is 0.708 bits per heavy atom. The molecule has 0 fully saturated rings. The summed E-state index contributed by atoms with van der Waals surface area (Å²) in [5, 5.41) is 39.0. The number of nitrogens with zero attached hydrogens (tertiary/aromatic N) is 7. The fraction of sp³-hybridized carbons (Fsp3) is 0.219. The molecule has 0 spiro atoms. The zero-order chi connectivity index (χ0) is 99.9. The summed E-state index contributed by atoms with van der Waals surface area (Å²) in [6.07, 6.45) is 19.3. The predicted octanol–water partition coefficient (Wildman–Crippen LogP) is 9.94. The van der Waals surface area contributed by atoms with Crippen molar-refractivity contribution in [2.24, 2.45) is 14.1 Å². The maximum atomic E-state index is 12.4. The Morgan fingerprint density at radius 3 is 1.07 bits per heavy atom. The summed E-state index contributed by atoms with van der Waals surface area (Å²) in [6.45, 7) is 36.9. The zero-order valence-corrected chi connectivity index (χ0v) is 102.